The minimum Gasteiger partial charge on any atom is -0.258 e. The third-order valence-electron chi connectivity index (χ3n) is 1.68. The number of nitro groups is 1. The van der Waals surface area contributed by atoms with Crippen molar-refractivity contribution in [3.8, 4) is 0 Å². The van der Waals surface area contributed by atoms with Gasteiger partial charge in [0.25, 0.3) is 5.69 Å². The van der Waals surface area contributed by atoms with Gasteiger partial charge in [0.15, 0.2) is 0 Å². The van der Waals surface area contributed by atoms with Crippen LogP contribution < -0.4 is 0 Å². The van der Waals surface area contributed by atoms with E-state index in [1.807, 2.05) is 0 Å². The van der Waals surface area contributed by atoms with E-state index in [0.717, 1.165) is 23.6 Å². The Morgan fingerprint density at radius 1 is 1.57 bits per heavy atom. The Bertz CT molecular complexity index is 300. The Kier molecular flexibility index (Phi) is 4.39. The maximum Gasteiger partial charge on any atom is 0.287 e. The van der Waals surface area contributed by atoms with Crippen molar-refractivity contribution in [1.82, 2.24) is 4.98 Å². The van der Waals surface area contributed by atoms with Gasteiger partial charge in [0, 0.05) is 6.07 Å². The van der Waals surface area contributed by atoms with Gasteiger partial charge >= 0.3 is 0 Å². The van der Waals surface area contributed by atoms with Gasteiger partial charge in [-0.05, 0) is 18.2 Å². The molecule has 1 heterocycles. The summed E-state index contributed by atoms with van der Waals surface area (Å²) in [5.41, 5.74) is 0.0461. The molecule has 1 aromatic rings. The fraction of sp³-hybridized carbons (Fsp3) is 0.444. The summed E-state index contributed by atoms with van der Waals surface area (Å²) < 4.78 is 0. The van der Waals surface area contributed by atoms with Gasteiger partial charge in [-0.1, -0.05) is 13.3 Å². The molecular formula is C9H12N2O2S. The van der Waals surface area contributed by atoms with E-state index in [4.69, 9.17) is 0 Å². The summed E-state index contributed by atoms with van der Waals surface area (Å²) in [4.78, 5) is 13.9. The van der Waals surface area contributed by atoms with Crippen molar-refractivity contribution in [3.05, 3.63) is 28.4 Å². The number of aromatic nitrogens is 1. The van der Waals surface area contributed by atoms with Crippen LogP contribution >= 0.6 is 11.8 Å². The van der Waals surface area contributed by atoms with Crippen molar-refractivity contribution in [2.24, 2.45) is 0 Å². The second kappa shape index (κ2) is 5.59. The fourth-order valence-corrected chi connectivity index (χ4v) is 1.82. The quantitative estimate of drug-likeness (QED) is 0.326. The van der Waals surface area contributed by atoms with E-state index in [0.29, 0.717) is 0 Å². The molecule has 0 saturated carbocycles. The number of hydrogen-bond donors (Lipinski definition) is 0. The predicted octanol–water partition coefficient (Wildman–Crippen LogP) is 2.88. The van der Waals surface area contributed by atoms with Crippen LogP contribution in [0, 0.1) is 10.1 Å². The summed E-state index contributed by atoms with van der Waals surface area (Å²) in [6.45, 7) is 2.13. The van der Waals surface area contributed by atoms with Gasteiger partial charge in [0.05, 0.1) is 9.95 Å². The Morgan fingerprint density at radius 3 is 2.86 bits per heavy atom. The second-order valence-electron chi connectivity index (χ2n) is 2.81. The third-order valence-corrected chi connectivity index (χ3v) is 2.71. The van der Waals surface area contributed by atoms with Gasteiger partial charge < -0.3 is 0 Å². The van der Waals surface area contributed by atoms with Crippen LogP contribution in [0.15, 0.2) is 23.4 Å². The molecule has 0 atom stereocenters. The molecule has 0 N–H and O–H groups in total. The van der Waals surface area contributed by atoms with Gasteiger partial charge in [-0.25, -0.2) is 4.98 Å². The first kappa shape index (κ1) is 11.0. The summed E-state index contributed by atoms with van der Waals surface area (Å²) in [7, 11) is 0. The molecular weight excluding hydrogens is 200 g/mol. The van der Waals surface area contributed by atoms with E-state index >= 15 is 0 Å². The second-order valence-corrected chi connectivity index (χ2v) is 3.93. The molecule has 0 fully saturated rings. The Balaban J connectivity index is 2.51. The summed E-state index contributed by atoms with van der Waals surface area (Å²) in [5, 5.41) is 11.2. The maximum atomic E-state index is 10.3. The van der Waals surface area contributed by atoms with Crippen LogP contribution in [0.5, 0.6) is 0 Å². The van der Waals surface area contributed by atoms with Crippen LogP contribution in [0.25, 0.3) is 0 Å². The molecule has 0 amide bonds. The summed E-state index contributed by atoms with van der Waals surface area (Å²) in [6, 6.07) is 3.18. The van der Waals surface area contributed by atoms with Crippen LogP contribution in [-0.2, 0) is 0 Å². The summed E-state index contributed by atoms with van der Waals surface area (Å²) in [5.74, 6) is 1.02. The molecule has 4 nitrogen and oxygen atoms in total. The van der Waals surface area contributed by atoms with Crippen LogP contribution in [0.4, 0.5) is 5.69 Å². The van der Waals surface area contributed by atoms with Gasteiger partial charge in [0.2, 0.25) is 0 Å². The molecule has 0 unspecified atom stereocenters. The number of rotatable bonds is 5. The molecule has 0 radical (unpaired) electrons. The Labute approximate surface area is 86.9 Å². The lowest BCUT2D eigenvalue weighted by Crippen LogP contribution is -1.89. The SMILES string of the molecule is CCCCSc1ccc([N+](=O)[O-])cn1. The molecule has 0 bridgehead atoms. The zero-order valence-corrected chi connectivity index (χ0v) is 8.79. The molecule has 76 valence electrons. The maximum absolute atomic E-state index is 10.3. The lowest BCUT2D eigenvalue weighted by atomic mass is 10.4. The first-order valence-corrected chi connectivity index (χ1v) is 5.46. The van der Waals surface area contributed by atoms with Gasteiger partial charge in [0.1, 0.15) is 6.20 Å². The zero-order chi connectivity index (χ0) is 10.4. The van der Waals surface area contributed by atoms with E-state index < -0.39 is 4.92 Å². The highest BCUT2D eigenvalue weighted by Crippen LogP contribution is 2.19. The highest BCUT2D eigenvalue weighted by molar-refractivity contribution is 7.99. The molecule has 0 aliphatic rings. The highest BCUT2D eigenvalue weighted by atomic mass is 32.2. The minimum atomic E-state index is -0.437. The Hall–Kier alpha value is -1.10. The number of nitrogens with zero attached hydrogens (tertiary/aromatic N) is 2. The van der Waals surface area contributed by atoms with E-state index in [1.165, 1.54) is 12.3 Å². The largest absolute Gasteiger partial charge is 0.287 e. The molecule has 5 heteroatoms. The average Bonchev–Trinajstić information content (AvgIpc) is 2.19. The third kappa shape index (κ3) is 3.33. The standard InChI is InChI=1S/C9H12N2O2S/c1-2-3-6-14-9-5-4-8(7-10-9)11(12)13/h4-5,7H,2-3,6H2,1H3. The molecule has 1 rings (SSSR count). The van der Waals surface area contributed by atoms with Gasteiger partial charge in [-0.2, -0.15) is 0 Å². The van der Waals surface area contributed by atoms with E-state index in [2.05, 4.69) is 11.9 Å². The van der Waals surface area contributed by atoms with Gasteiger partial charge in [-0.15, -0.1) is 11.8 Å². The van der Waals surface area contributed by atoms with Crippen LogP contribution in [0.2, 0.25) is 0 Å². The smallest absolute Gasteiger partial charge is 0.258 e. The van der Waals surface area contributed by atoms with Crippen LogP contribution in [0.3, 0.4) is 0 Å². The van der Waals surface area contributed by atoms with Gasteiger partial charge in [-0.3, -0.25) is 10.1 Å². The van der Waals surface area contributed by atoms with E-state index in [9.17, 15) is 10.1 Å². The Morgan fingerprint density at radius 2 is 2.36 bits per heavy atom. The summed E-state index contributed by atoms with van der Waals surface area (Å²) in [6.07, 6.45) is 3.59. The molecule has 0 saturated heterocycles. The molecule has 0 aromatic carbocycles. The molecule has 1 aromatic heterocycles. The van der Waals surface area contributed by atoms with Crippen LogP contribution in [0.1, 0.15) is 19.8 Å². The van der Waals surface area contributed by atoms with Crippen molar-refractivity contribution in [1.29, 1.82) is 0 Å². The van der Waals surface area contributed by atoms with Crippen molar-refractivity contribution < 1.29 is 4.92 Å². The molecule has 0 aliphatic carbocycles. The van der Waals surface area contributed by atoms with Crippen LogP contribution in [-0.4, -0.2) is 15.7 Å². The zero-order valence-electron chi connectivity index (χ0n) is 7.97. The van der Waals surface area contributed by atoms with E-state index in [-0.39, 0.29) is 5.69 Å². The first-order chi connectivity index (χ1) is 6.74. The number of pyridine rings is 1. The first-order valence-electron chi connectivity index (χ1n) is 4.47. The predicted molar refractivity (Wildman–Crippen MR) is 56.5 cm³/mol. The molecule has 0 aliphatic heterocycles. The lowest BCUT2D eigenvalue weighted by molar-refractivity contribution is -0.385. The number of unbranched alkanes of at least 4 members (excludes halogenated alkanes) is 1. The topological polar surface area (TPSA) is 56.0 Å². The van der Waals surface area contributed by atoms with E-state index in [1.54, 1.807) is 17.8 Å². The average molecular weight is 212 g/mol. The normalized spacial score (nSPS) is 10.1. The number of thioether (sulfide) groups is 1. The number of hydrogen-bond acceptors (Lipinski definition) is 4. The fourth-order valence-electron chi connectivity index (χ4n) is 0.887. The lowest BCUT2D eigenvalue weighted by Gasteiger charge is -1.98. The highest BCUT2D eigenvalue weighted by Gasteiger charge is 2.04. The molecule has 0 spiro atoms. The van der Waals surface area contributed by atoms with Crippen molar-refractivity contribution in [2.75, 3.05) is 5.75 Å². The monoisotopic (exact) mass is 212 g/mol. The van der Waals surface area contributed by atoms with Crippen molar-refractivity contribution in [3.63, 3.8) is 0 Å². The molecule has 14 heavy (non-hydrogen) atoms. The van der Waals surface area contributed by atoms with Crippen molar-refractivity contribution in [2.45, 2.75) is 24.8 Å². The minimum absolute atomic E-state index is 0.0461. The van der Waals surface area contributed by atoms with Crippen molar-refractivity contribution >= 4 is 17.4 Å². The summed E-state index contributed by atoms with van der Waals surface area (Å²) >= 11 is 1.63.